The van der Waals surface area contributed by atoms with Crippen molar-refractivity contribution in [3.05, 3.63) is 35.9 Å². The van der Waals surface area contributed by atoms with Gasteiger partial charge in [0.15, 0.2) is 0 Å². The number of hydrogen-bond acceptors (Lipinski definition) is 3. The number of piperidine rings is 1. The summed E-state index contributed by atoms with van der Waals surface area (Å²) in [6.07, 6.45) is 1.64. The van der Waals surface area contributed by atoms with Crippen LogP contribution in [0, 0.1) is 5.92 Å². The van der Waals surface area contributed by atoms with Crippen molar-refractivity contribution < 1.29 is 14.3 Å². The Labute approximate surface area is 107 Å². The molecular weight excluding hydrogens is 230 g/mol. The fourth-order valence-corrected chi connectivity index (χ4v) is 2.28. The Balaban J connectivity index is 2.05. The van der Waals surface area contributed by atoms with Crippen LogP contribution in [0.1, 0.15) is 23.2 Å². The quantitative estimate of drug-likeness (QED) is 0.747. The molecule has 1 saturated heterocycles. The Morgan fingerprint density at radius 1 is 1.28 bits per heavy atom. The third-order valence-electron chi connectivity index (χ3n) is 3.26. The van der Waals surface area contributed by atoms with Crippen molar-refractivity contribution in [1.82, 2.24) is 4.90 Å². The van der Waals surface area contributed by atoms with E-state index in [9.17, 15) is 9.59 Å². The maximum Gasteiger partial charge on any atom is 0.310 e. The van der Waals surface area contributed by atoms with Gasteiger partial charge in [-0.2, -0.15) is 0 Å². The number of esters is 1. The zero-order valence-electron chi connectivity index (χ0n) is 10.5. The largest absolute Gasteiger partial charge is 0.469 e. The van der Waals surface area contributed by atoms with Crippen molar-refractivity contribution in [1.29, 1.82) is 0 Å². The van der Waals surface area contributed by atoms with Gasteiger partial charge in [0.05, 0.1) is 13.0 Å². The molecular formula is C14H17NO3. The van der Waals surface area contributed by atoms with Gasteiger partial charge in [-0.25, -0.2) is 0 Å². The van der Waals surface area contributed by atoms with Gasteiger partial charge in [0.2, 0.25) is 0 Å². The lowest BCUT2D eigenvalue weighted by Gasteiger charge is -2.31. The standard InChI is InChI=1S/C14H17NO3/c1-18-14(17)12-8-5-9-15(10-12)13(16)11-6-3-2-4-7-11/h2-4,6-7,12H,5,8-10H2,1H3/t12-/m0/s1. The summed E-state index contributed by atoms with van der Waals surface area (Å²) in [7, 11) is 1.39. The molecule has 2 rings (SSSR count). The van der Waals surface area contributed by atoms with Crippen molar-refractivity contribution in [2.45, 2.75) is 12.8 Å². The normalized spacial score (nSPS) is 19.4. The van der Waals surface area contributed by atoms with Gasteiger partial charge in [0.1, 0.15) is 0 Å². The van der Waals surface area contributed by atoms with E-state index in [1.165, 1.54) is 7.11 Å². The molecule has 0 radical (unpaired) electrons. The molecule has 0 saturated carbocycles. The van der Waals surface area contributed by atoms with Crippen LogP contribution in [0.5, 0.6) is 0 Å². The van der Waals surface area contributed by atoms with Crippen LogP contribution in [-0.2, 0) is 9.53 Å². The third-order valence-corrected chi connectivity index (χ3v) is 3.26. The molecule has 1 aliphatic heterocycles. The molecule has 1 aliphatic rings. The number of benzene rings is 1. The van der Waals surface area contributed by atoms with Crippen LogP contribution in [0.4, 0.5) is 0 Å². The second kappa shape index (κ2) is 5.67. The molecule has 1 amide bonds. The van der Waals surface area contributed by atoms with E-state index < -0.39 is 0 Å². The minimum Gasteiger partial charge on any atom is -0.469 e. The predicted molar refractivity (Wildman–Crippen MR) is 67.1 cm³/mol. The topological polar surface area (TPSA) is 46.6 Å². The van der Waals surface area contributed by atoms with Crippen molar-refractivity contribution in [2.75, 3.05) is 20.2 Å². The van der Waals surface area contributed by atoms with Crippen LogP contribution in [-0.4, -0.2) is 37.0 Å². The molecule has 18 heavy (non-hydrogen) atoms. The van der Waals surface area contributed by atoms with Gasteiger partial charge in [-0.3, -0.25) is 9.59 Å². The van der Waals surface area contributed by atoms with Gasteiger partial charge in [0, 0.05) is 18.7 Å². The molecule has 0 spiro atoms. The number of nitrogens with zero attached hydrogens (tertiary/aromatic N) is 1. The van der Waals surface area contributed by atoms with E-state index in [2.05, 4.69) is 0 Å². The summed E-state index contributed by atoms with van der Waals surface area (Å²) in [6, 6.07) is 9.16. The summed E-state index contributed by atoms with van der Waals surface area (Å²) in [5, 5.41) is 0. The first-order chi connectivity index (χ1) is 8.72. The van der Waals surface area contributed by atoms with E-state index in [0.29, 0.717) is 18.7 Å². The first-order valence-electron chi connectivity index (χ1n) is 6.14. The summed E-state index contributed by atoms with van der Waals surface area (Å²) in [5.74, 6) is -0.416. The lowest BCUT2D eigenvalue weighted by molar-refractivity contribution is -0.146. The maximum absolute atomic E-state index is 12.2. The average Bonchev–Trinajstić information content (AvgIpc) is 2.46. The Morgan fingerprint density at radius 3 is 2.67 bits per heavy atom. The second-order valence-corrected chi connectivity index (χ2v) is 4.48. The first kappa shape index (κ1) is 12.6. The number of methoxy groups -OCH3 is 1. The molecule has 1 heterocycles. The fourth-order valence-electron chi connectivity index (χ4n) is 2.28. The fraction of sp³-hybridized carbons (Fsp3) is 0.429. The molecule has 0 bridgehead atoms. The van der Waals surface area contributed by atoms with Crippen LogP contribution in [0.15, 0.2) is 30.3 Å². The number of ether oxygens (including phenoxy) is 1. The average molecular weight is 247 g/mol. The predicted octanol–water partition coefficient (Wildman–Crippen LogP) is 1.71. The minimum atomic E-state index is -0.222. The van der Waals surface area contributed by atoms with E-state index in [0.717, 1.165) is 12.8 Å². The second-order valence-electron chi connectivity index (χ2n) is 4.48. The Hall–Kier alpha value is -1.84. The maximum atomic E-state index is 12.2. The zero-order valence-corrected chi connectivity index (χ0v) is 10.5. The van der Waals surface area contributed by atoms with Crippen molar-refractivity contribution in [3.63, 3.8) is 0 Å². The lowest BCUT2D eigenvalue weighted by Crippen LogP contribution is -2.42. The SMILES string of the molecule is COC(=O)[C@H]1CCCN(C(=O)c2ccccc2)C1. The van der Waals surface area contributed by atoms with Crippen LogP contribution in [0.25, 0.3) is 0 Å². The highest BCUT2D eigenvalue weighted by Gasteiger charge is 2.29. The van der Waals surface area contributed by atoms with Gasteiger partial charge in [0.25, 0.3) is 5.91 Å². The minimum absolute atomic E-state index is 0.01000. The molecule has 0 aromatic heterocycles. The van der Waals surface area contributed by atoms with Crippen LogP contribution >= 0.6 is 0 Å². The lowest BCUT2D eigenvalue weighted by atomic mass is 9.97. The van der Waals surface area contributed by atoms with Gasteiger partial charge in [-0.05, 0) is 25.0 Å². The number of likely N-dealkylation sites (tertiary alicyclic amines) is 1. The Bertz CT molecular complexity index is 430. The first-order valence-corrected chi connectivity index (χ1v) is 6.14. The number of carbonyl (C=O) groups is 2. The molecule has 4 nitrogen and oxygen atoms in total. The van der Waals surface area contributed by atoms with E-state index in [1.54, 1.807) is 17.0 Å². The molecule has 0 N–H and O–H groups in total. The third kappa shape index (κ3) is 2.70. The van der Waals surface area contributed by atoms with Crippen LogP contribution in [0.2, 0.25) is 0 Å². The molecule has 1 fully saturated rings. The van der Waals surface area contributed by atoms with Gasteiger partial charge >= 0.3 is 5.97 Å². The van der Waals surface area contributed by atoms with Gasteiger partial charge in [-0.15, -0.1) is 0 Å². The molecule has 1 atom stereocenters. The summed E-state index contributed by atoms with van der Waals surface area (Å²) in [5.41, 5.74) is 0.669. The summed E-state index contributed by atoms with van der Waals surface area (Å²) >= 11 is 0. The van der Waals surface area contributed by atoms with Gasteiger partial charge < -0.3 is 9.64 Å². The van der Waals surface area contributed by atoms with Crippen molar-refractivity contribution >= 4 is 11.9 Å². The highest BCUT2D eigenvalue weighted by molar-refractivity contribution is 5.94. The van der Waals surface area contributed by atoms with Crippen LogP contribution < -0.4 is 0 Å². The zero-order chi connectivity index (χ0) is 13.0. The number of rotatable bonds is 2. The van der Waals surface area contributed by atoms with Crippen molar-refractivity contribution in [2.24, 2.45) is 5.92 Å². The number of carbonyl (C=O) groups excluding carboxylic acids is 2. The van der Waals surface area contributed by atoms with Crippen molar-refractivity contribution in [3.8, 4) is 0 Å². The highest BCUT2D eigenvalue weighted by Crippen LogP contribution is 2.19. The summed E-state index contributed by atoms with van der Waals surface area (Å²) in [4.78, 5) is 25.5. The van der Waals surface area contributed by atoms with Gasteiger partial charge in [-0.1, -0.05) is 18.2 Å². The van der Waals surface area contributed by atoms with E-state index in [4.69, 9.17) is 4.74 Å². The van der Waals surface area contributed by atoms with E-state index in [-0.39, 0.29) is 17.8 Å². The monoisotopic (exact) mass is 247 g/mol. The Kier molecular flexibility index (Phi) is 3.97. The molecule has 1 aromatic rings. The molecule has 0 unspecified atom stereocenters. The molecule has 96 valence electrons. The molecule has 4 heteroatoms. The highest BCUT2D eigenvalue weighted by atomic mass is 16.5. The smallest absolute Gasteiger partial charge is 0.310 e. The van der Waals surface area contributed by atoms with Crippen LogP contribution in [0.3, 0.4) is 0 Å². The Morgan fingerprint density at radius 2 is 2.00 bits per heavy atom. The number of amides is 1. The number of hydrogen-bond donors (Lipinski definition) is 0. The molecule has 1 aromatic carbocycles. The summed E-state index contributed by atoms with van der Waals surface area (Å²) < 4.78 is 4.75. The van der Waals surface area contributed by atoms with E-state index >= 15 is 0 Å². The molecule has 0 aliphatic carbocycles. The summed E-state index contributed by atoms with van der Waals surface area (Å²) in [6.45, 7) is 1.17. The van der Waals surface area contributed by atoms with E-state index in [1.807, 2.05) is 18.2 Å².